The summed E-state index contributed by atoms with van der Waals surface area (Å²) in [5, 5.41) is 7.66. The van der Waals surface area contributed by atoms with Gasteiger partial charge in [-0.3, -0.25) is 9.48 Å². The molecule has 0 saturated carbocycles. The summed E-state index contributed by atoms with van der Waals surface area (Å²) in [5.41, 5.74) is 1.18. The van der Waals surface area contributed by atoms with Crippen molar-refractivity contribution in [1.82, 2.24) is 20.0 Å². The monoisotopic (exact) mass is 290 g/mol. The molecule has 0 aliphatic carbocycles. The van der Waals surface area contributed by atoms with Gasteiger partial charge in [-0.15, -0.1) is 0 Å². The summed E-state index contributed by atoms with van der Waals surface area (Å²) in [6.45, 7) is 6.04. The van der Waals surface area contributed by atoms with Crippen molar-refractivity contribution >= 4 is 5.91 Å². The molecule has 1 aromatic rings. The first-order chi connectivity index (χ1) is 10.1. The van der Waals surface area contributed by atoms with Crippen molar-refractivity contribution in [2.45, 2.75) is 51.1 Å². The molecule has 2 saturated heterocycles. The largest absolute Gasteiger partial charge is 0.337 e. The highest BCUT2D eigenvalue weighted by Gasteiger charge is 2.40. The van der Waals surface area contributed by atoms with Crippen LogP contribution in [0.4, 0.5) is 0 Å². The molecule has 0 aromatic carbocycles. The first kappa shape index (κ1) is 14.6. The lowest BCUT2D eigenvalue weighted by atomic mass is 9.87. The zero-order chi connectivity index (χ0) is 15.0. The fourth-order valence-corrected chi connectivity index (χ4v) is 3.97. The van der Waals surface area contributed by atoms with Crippen LogP contribution in [0.5, 0.6) is 0 Å². The predicted octanol–water partition coefficient (Wildman–Crippen LogP) is 1.51. The molecule has 3 heterocycles. The van der Waals surface area contributed by atoms with Crippen LogP contribution in [0.15, 0.2) is 12.4 Å². The molecule has 1 amide bonds. The summed E-state index contributed by atoms with van der Waals surface area (Å²) in [7, 11) is 1.93. The Labute approximate surface area is 126 Å². The van der Waals surface area contributed by atoms with E-state index in [0.717, 1.165) is 25.9 Å². The van der Waals surface area contributed by atoms with Gasteiger partial charge in [0.15, 0.2) is 0 Å². The van der Waals surface area contributed by atoms with Crippen molar-refractivity contribution in [2.75, 3.05) is 13.1 Å². The van der Waals surface area contributed by atoms with Gasteiger partial charge >= 0.3 is 0 Å². The van der Waals surface area contributed by atoms with Gasteiger partial charge in [0.2, 0.25) is 5.91 Å². The molecule has 3 rings (SSSR count). The van der Waals surface area contributed by atoms with Crippen molar-refractivity contribution in [3.8, 4) is 0 Å². The normalized spacial score (nSPS) is 33.4. The van der Waals surface area contributed by atoms with E-state index in [2.05, 4.69) is 29.2 Å². The molecule has 2 aliphatic heterocycles. The molecule has 0 radical (unpaired) electrons. The maximum Gasteiger partial charge on any atom is 0.228 e. The van der Waals surface area contributed by atoms with Crippen molar-refractivity contribution < 1.29 is 4.79 Å². The maximum absolute atomic E-state index is 13.1. The Bertz CT molecular complexity index is 502. The summed E-state index contributed by atoms with van der Waals surface area (Å²) in [5.74, 6) is 0.637. The Morgan fingerprint density at radius 3 is 2.62 bits per heavy atom. The quantitative estimate of drug-likeness (QED) is 0.898. The molecule has 5 heteroatoms. The summed E-state index contributed by atoms with van der Waals surface area (Å²) >= 11 is 0. The van der Waals surface area contributed by atoms with Gasteiger partial charge in [-0.2, -0.15) is 5.10 Å². The Morgan fingerprint density at radius 2 is 2.00 bits per heavy atom. The molecule has 5 nitrogen and oxygen atoms in total. The van der Waals surface area contributed by atoms with Crippen LogP contribution >= 0.6 is 0 Å². The third kappa shape index (κ3) is 2.71. The van der Waals surface area contributed by atoms with Crippen molar-refractivity contribution in [3.05, 3.63) is 18.0 Å². The van der Waals surface area contributed by atoms with E-state index in [1.807, 2.05) is 24.1 Å². The second-order valence-corrected chi connectivity index (χ2v) is 6.69. The number of nitrogens with zero attached hydrogens (tertiary/aromatic N) is 3. The number of likely N-dealkylation sites (tertiary alicyclic amines) is 1. The second kappa shape index (κ2) is 5.79. The van der Waals surface area contributed by atoms with Gasteiger partial charge in [-0.25, -0.2) is 0 Å². The van der Waals surface area contributed by atoms with Gasteiger partial charge in [0.1, 0.15) is 0 Å². The summed E-state index contributed by atoms with van der Waals surface area (Å²) in [6, 6.07) is 0.743. The Balaban J connectivity index is 1.79. The van der Waals surface area contributed by atoms with Crippen LogP contribution in [-0.2, 0) is 11.8 Å². The number of amides is 1. The Kier molecular flexibility index (Phi) is 4.02. The minimum Gasteiger partial charge on any atom is -0.337 e. The molecule has 1 aromatic heterocycles. The van der Waals surface area contributed by atoms with E-state index in [-0.39, 0.29) is 11.8 Å². The van der Waals surface area contributed by atoms with E-state index in [4.69, 9.17) is 0 Å². The molecule has 21 heavy (non-hydrogen) atoms. The van der Waals surface area contributed by atoms with Crippen LogP contribution in [-0.4, -0.2) is 45.8 Å². The molecular weight excluding hydrogens is 264 g/mol. The molecule has 4 atom stereocenters. The molecule has 1 N–H and O–H groups in total. The van der Waals surface area contributed by atoms with Crippen LogP contribution in [0.2, 0.25) is 0 Å². The molecule has 2 fully saturated rings. The zero-order valence-corrected chi connectivity index (χ0v) is 13.2. The van der Waals surface area contributed by atoms with Gasteiger partial charge in [-0.1, -0.05) is 0 Å². The van der Waals surface area contributed by atoms with Gasteiger partial charge in [0, 0.05) is 44.3 Å². The number of nitrogens with one attached hydrogen (secondary N) is 1. The molecule has 0 bridgehead atoms. The number of aromatic nitrogens is 2. The lowest BCUT2D eigenvalue weighted by Gasteiger charge is -2.41. The molecule has 2 aliphatic rings. The van der Waals surface area contributed by atoms with Gasteiger partial charge in [0.05, 0.1) is 12.1 Å². The third-order valence-electron chi connectivity index (χ3n) is 5.13. The fourth-order valence-electron chi connectivity index (χ4n) is 3.97. The van der Waals surface area contributed by atoms with Crippen LogP contribution in [0, 0.1) is 5.92 Å². The van der Waals surface area contributed by atoms with Crippen LogP contribution in [0.1, 0.15) is 44.6 Å². The van der Waals surface area contributed by atoms with Crippen LogP contribution in [0.25, 0.3) is 0 Å². The van der Waals surface area contributed by atoms with E-state index in [1.165, 1.54) is 12.0 Å². The number of carbonyl (C=O) groups is 1. The summed E-state index contributed by atoms with van der Waals surface area (Å²) < 4.78 is 1.82. The number of rotatable bonds is 2. The van der Waals surface area contributed by atoms with Crippen LogP contribution in [0.3, 0.4) is 0 Å². The highest BCUT2D eigenvalue weighted by Crippen LogP contribution is 2.32. The average Bonchev–Trinajstić information content (AvgIpc) is 3.06. The predicted molar refractivity (Wildman–Crippen MR) is 81.9 cm³/mol. The van der Waals surface area contributed by atoms with Crippen molar-refractivity contribution in [1.29, 1.82) is 0 Å². The topological polar surface area (TPSA) is 50.2 Å². The standard InChI is InChI=1S/C16H26N4O/c1-11-5-4-6-12(2)20(11)16(21)15-9-17-8-14(15)13-7-18-19(3)10-13/h7,10-12,14-15,17H,4-6,8-9H2,1-3H3/t11?,12?,14-,15+/m1/s1. The third-order valence-corrected chi connectivity index (χ3v) is 5.13. The van der Waals surface area contributed by atoms with Crippen molar-refractivity contribution in [3.63, 3.8) is 0 Å². The van der Waals surface area contributed by atoms with Gasteiger partial charge in [0.25, 0.3) is 0 Å². The van der Waals surface area contributed by atoms with E-state index in [9.17, 15) is 4.79 Å². The lowest BCUT2D eigenvalue weighted by Crippen LogP contribution is -2.50. The van der Waals surface area contributed by atoms with Gasteiger partial charge in [-0.05, 0) is 38.7 Å². The Morgan fingerprint density at radius 1 is 1.29 bits per heavy atom. The highest BCUT2D eigenvalue weighted by molar-refractivity contribution is 5.81. The molecule has 2 unspecified atom stereocenters. The number of carbonyl (C=O) groups excluding carboxylic acids is 1. The number of hydrogen-bond acceptors (Lipinski definition) is 3. The van der Waals surface area contributed by atoms with E-state index in [0.29, 0.717) is 18.0 Å². The smallest absolute Gasteiger partial charge is 0.228 e. The zero-order valence-electron chi connectivity index (χ0n) is 13.2. The Hall–Kier alpha value is -1.36. The molecule has 0 spiro atoms. The summed E-state index contributed by atoms with van der Waals surface area (Å²) in [6.07, 6.45) is 7.45. The molecule has 116 valence electrons. The first-order valence-corrected chi connectivity index (χ1v) is 8.09. The highest BCUT2D eigenvalue weighted by atomic mass is 16.2. The minimum atomic E-state index is 0.0530. The minimum absolute atomic E-state index is 0.0530. The van der Waals surface area contributed by atoms with Crippen molar-refractivity contribution in [2.24, 2.45) is 13.0 Å². The number of hydrogen-bond donors (Lipinski definition) is 1. The maximum atomic E-state index is 13.1. The van der Waals surface area contributed by atoms with E-state index < -0.39 is 0 Å². The second-order valence-electron chi connectivity index (χ2n) is 6.69. The average molecular weight is 290 g/mol. The van der Waals surface area contributed by atoms with Crippen LogP contribution < -0.4 is 5.32 Å². The molecular formula is C16H26N4O. The lowest BCUT2D eigenvalue weighted by molar-refractivity contribution is -0.141. The first-order valence-electron chi connectivity index (χ1n) is 8.09. The van der Waals surface area contributed by atoms with Gasteiger partial charge < -0.3 is 10.2 Å². The number of aryl methyl sites for hydroxylation is 1. The van der Waals surface area contributed by atoms with E-state index >= 15 is 0 Å². The van der Waals surface area contributed by atoms with E-state index in [1.54, 1.807) is 0 Å². The summed E-state index contributed by atoms with van der Waals surface area (Å²) in [4.78, 5) is 15.2. The fraction of sp³-hybridized carbons (Fsp3) is 0.750. The SMILES string of the molecule is CC1CCCC(C)N1C(=O)[C@H]1CNC[C@@H]1c1cnn(C)c1. The number of piperidine rings is 1.